The molecule has 180 valence electrons. The SMILES string of the molecule is CC1C(=O)OCc2c1cc1n(c2=O)Cc2c-1nc1ccccc1c2CCN(CCO)C(C)C.[CH3-].[Cs+]. The van der Waals surface area contributed by atoms with Gasteiger partial charge in [-0.25, -0.2) is 4.98 Å². The molecule has 2 aliphatic rings. The summed E-state index contributed by atoms with van der Waals surface area (Å²) in [6.07, 6.45) is 0.796. The van der Waals surface area contributed by atoms with E-state index in [-0.39, 0.29) is 101 Å². The molecule has 0 aliphatic carbocycles. The van der Waals surface area contributed by atoms with E-state index in [2.05, 4.69) is 24.8 Å². The Hall–Kier alpha value is -0.978. The third-order valence-electron chi connectivity index (χ3n) is 7.05. The summed E-state index contributed by atoms with van der Waals surface area (Å²) in [6, 6.07) is 10.4. The zero-order chi connectivity index (χ0) is 23.3. The van der Waals surface area contributed by atoms with Crippen molar-refractivity contribution in [2.75, 3.05) is 19.7 Å². The summed E-state index contributed by atoms with van der Waals surface area (Å²) in [5.74, 6) is -0.760. The normalized spacial score (nSPS) is 15.8. The maximum atomic E-state index is 13.4. The minimum Gasteiger partial charge on any atom is -0.460 e. The first-order valence-electron chi connectivity index (χ1n) is 11.6. The van der Waals surface area contributed by atoms with E-state index in [1.807, 2.05) is 24.3 Å². The maximum absolute atomic E-state index is 13.4. The van der Waals surface area contributed by atoms with E-state index in [9.17, 15) is 14.7 Å². The molecule has 1 unspecified atom stereocenters. The molecule has 2 aromatic heterocycles. The Balaban J connectivity index is 0.00000171. The van der Waals surface area contributed by atoms with Crippen LogP contribution >= 0.6 is 0 Å². The number of pyridine rings is 2. The summed E-state index contributed by atoms with van der Waals surface area (Å²) in [4.78, 5) is 32.7. The van der Waals surface area contributed by atoms with Gasteiger partial charge in [-0.05, 0) is 50.5 Å². The molecule has 1 aromatic carbocycles. The zero-order valence-electron chi connectivity index (χ0n) is 21.3. The second-order valence-corrected chi connectivity index (χ2v) is 9.22. The van der Waals surface area contributed by atoms with Crippen molar-refractivity contribution in [3.8, 4) is 11.4 Å². The van der Waals surface area contributed by atoms with Crippen LogP contribution in [0.2, 0.25) is 0 Å². The first-order valence-corrected chi connectivity index (χ1v) is 11.6. The summed E-state index contributed by atoms with van der Waals surface area (Å²) in [5, 5.41) is 10.6. The number of hydrogen-bond donors (Lipinski definition) is 1. The molecule has 35 heavy (non-hydrogen) atoms. The molecule has 8 heteroatoms. The standard InChI is InChI=1S/C26H29N3O4.CH3.Cs/c1-15(2)28(10-11-30)9-8-17-18-6-4-5-7-22(18)27-24-20(17)13-29-23(24)12-19-16(3)26(32)33-14-21(19)25(29)31;;/h4-7,12,15-16,30H,8-11,13-14H2,1-3H3;1H3;/q;-1;+1. The number of cyclic esters (lactones) is 1. The van der Waals surface area contributed by atoms with Crippen molar-refractivity contribution in [1.29, 1.82) is 0 Å². The van der Waals surface area contributed by atoms with Crippen molar-refractivity contribution < 1.29 is 83.5 Å². The first kappa shape index (κ1) is 28.6. The number of aromatic nitrogens is 2. The van der Waals surface area contributed by atoms with E-state index in [0.29, 0.717) is 24.7 Å². The van der Waals surface area contributed by atoms with Gasteiger partial charge in [-0.1, -0.05) is 18.2 Å². The third kappa shape index (κ3) is 5.09. The van der Waals surface area contributed by atoms with Gasteiger partial charge in [0.25, 0.3) is 5.56 Å². The minimum atomic E-state index is -0.464. The molecule has 0 bridgehead atoms. The number of carbonyl (C=O) groups is 1. The number of fused-ring (bicyclic) bond motifs is 5. The minimum absolute atomic E-state index is 0. The van der Waals surface area contributed by atoms with Crippen molar-refractivity contribution in [2.45, 2.75) is 52.3 Å². The van der Waals surface area contributed by atoms with E-state index in [1.54, 1.807) is 11.5 Å². The van der Waals surface area contributed by atoms with Gasteiger partial charge in [0.1, 0.15) is 6.61 Å². The Bertz CT molecular complexity index is 1320. The first-order chi connectivity index (χ1) is 15.9. The molecule has 1 N–H and O–H groups in total. The van der Waals surface area contributed by atoms with Crippen molar-refractivity contribution in [3.63, 3.8) is 0 Å². The third-order valence-corrected chi connectivity index (χ3v) is 7.05. The van der Waals surface area contributed by atoms with Gasteiger partial charge in [0.05, 0.1) is 41.5 Å². The Morgan fingerprint density at radius 1 is 1.20 bits per heavy atom. The van der Waals surface area contributed by atoms with Gasteiger partial charge in [-0.2, -0.15) is 0 Å². The summed E-state index contributed by atoms with van der Waals surface area (Å²) >= 11 is 0. The number of para-hydroxylation sites is 1. The van der Waals surface area contributed by atoms with E-state index in [0.717, 1.165) is 46.4 Å². The molecule has 0 saturated carbocycles. The molecular formula is C27H32CsN3O4. The number of nitrogens with zero attached hydrogens (tertiary/aromatic N) is 3. The monoisotopic (exact) mass is 595 g/mol. The molecule has 0 radical (unpaired) electrons. The fourth-order valence-electron chi connectivity index (χ4n) is 5.15. The molecule has 3 aromatic rings. The quantitative estimate of drug-likeness (QED) is 0.255. The largest absolute Gasteiger partial charge is 1.00 e. The van der Waals surface area contributed by atoms with Crippen molar-refractivity contribution in [1.82, 2.24) is 14.5 Å². The number of ether oxygens (including phenoxy) is 1. The van der Waals surface area contributed by atoms with Crippen molar-refractivity contribution in [3.05, 3.63) is 70.4 Å². The summed E-state index contributed by atoms with van der Waals surface area (Å²) in [5.41, 5.74) is 5.99. The van der Waals surface area contributed by atoms with Gasteiger partial charge in [0, 0.05) is 30.1 Å². The van der Waals surface area contributed by atoms with Gasteiger partial charge in [-0.15, -0.1) is 0 Å². The Morgan fingerprint density at radius 3 is 2.66 bits per heavy atom. The number of aliphatic hydroxyl groups is 1. The molecule has 7 nitrogen and oxygen atoms in total. The predicted octanol–water partition coefficient (Wildman–Crippen LogP) is 0.285. The van der Waals surface area contributed by atoms with E-state index >= 15 is 0 Å². The number of benzene rings is 1. The fraction of sp³-hybridized carbons (Fsp3) is 0.407. The molecule has 0 fully saturated rings. The molecule has 0 amide bonds. The van der Waals surface area contributed by atoms with Crippen LogP contribution in [0.5, 0.6) is 0 Å². The number of aliphatic hydroxyl groups excluding tert-OH is 1. The van der Waals surface area contributed by atoms with Gasteiger partial charge in [0.15, 0.2) is 0 Å². The molecule has 2 aliphatic heterocycles. The van der Waals surface area contributed by atoms with Crippen LogP contribution in [-0.4, -0.2) is 51.3 Å². The van der Waals surface area contributed by atoms with Gasteiger partial charge in [-0.3, -0.25) is 14.5 Å². The van der Waals surface area contributed by atoms with Crippen LogP contribution < -0.4 is 74.5 Å². The number of esters is 1. The Morgan fingerprint density at radius 2 is 1.94 bits per heavy atom. The van der Waals surface area contributed by atoms with E-state index < -0.39 is 5.92 Å². The fourth-order valence-corrected chi connectivity index (χ4v) is 5.15. The molecular weight excluding hydrogens is 563 g/mol. The van der Waals surface area contributed by atoms with Gasteiger partial charge < -0.3 is 21.8 Å². The average molecular weight is 595 g/mol. The van der Waals surface area contributed by atoms with Crippen LogP contribution in [-0.2, 0) is 29.1 Å². The molecule has 4 heterocycles. The van der Waals surface area contributed by atoms with Crippen LogP contribution in [0, 0.1) is 7.43 Å². The van der Waals surface area contributed by atoms with Crippen LogP contribution in [0.1, 0.15) is 48.9 Å². The topological polar surface area (TPSA) is 84.7 Å². The van der Waals surface area contributed by atoms with Crippen molar-refractivity contribution >= 4 is 16.9 Å². The van der Waals surface area contributed by atoms with Gasteiger partial charge in [0.2, 0.25) is 0 Å². The van der Waals surface area contributed by atoms with E-state index in [1.165, 1.54) is 5.56 Å². The van der Waals surface area contributed by atoms with Gasteiger partial charge >= 0.3 is 74.9 Å². The maximum Gasteiger partial charge on any atom is 1.00 e. The molecule has 5 rings (SSSR count). The Kier molecular flexibility index (Phi) is 9.48. The molecule has 0 spiro atoms. The van der Waals surface area contributed by atoms with E-state index in [4.69, 9.17) is 9.72 Å². The molecule has 0 saturated heterocycles. The summed E-state index contributed by atoms with van der Waals surface area (Å²) in [6.45, 7) is 8.10. The summed E-state index contributed by atoms with van der Waals surface area (Å²) in [7, 11) is 0. The second-order valence-electron chi connectivity index (χ2n) is 9.22. The van der Waals surface area contributed by atoms with Crippen LogP contribution in [0.25, 0.3) is 22.3 Å². The molecule has 1 atom stereocenters. The average Bonchev–Trinajstić information content (AvgIpc) is 3.17. The van der Waals surface area contributed by atoms with Crippen molar-refractivity contribution in [2.24, 2.45) is 0 Å². The predicted molar refractivity (Wildman–Crippen MR) is 133 cm³/mol. The summed E-state index contributed by atoms with van der Waals surface area (Å²) < 4.78 is 7.01. The van der Waals surface area contributed by atoms with Crippen LogP contribution in [0.15, 0.2) is 35.1 Å². The number of hydrogen-bond acceptors (Lipinski definition) is 6. The van der Waals surface area contributed by atoms with Crippen LogP contribution in [0.4, 0.5) is 0 Å². The smallest absolute Gasteiger partial charge is 0.460 e. The Labute approximate surface area is 265 Å². The second kappa shape index (κ2) is 11.6. The van der Waals surface area contributed by atoms with Crippen LogP contribution in [0.3, 0.4) is 0 Å². The zero-order valence-corrected chi connectivity index (χ0v) is 27.6. The number of rotatable bonds is 6. The number of carbonyl (C=O) groups excluding carboxylic acids is 1.